The molecule has 0 spiro atoms. The first-order valence-corrected chi connectivity index (χ1v) is 6.00. The van der Waals surface area contributed by atoms with Gasteiger partial charge in [-0.15, -0.1) is 17.0 Å². The molecule has 1 aliphatic heterocycles. The topological polar surface area (TPSA) is 12.0 Å². The predicted octanol–water partition coefficient (Wildman–Crippen LogP) is 2.57. The molecule has 1 aliphatic rings. The molecule has 1 unspecified atom stereocenters. The summed E-state index contributed by atoms with van der Waals surface area (Å²) < 4.78 is 0. The van der Waals surface area contributed by atoms with Crippen LogP contribution in [-0.2, 0) is 0 Å². The number of nitrogens with one attached hydrogen (secondary N) is 1. The lowest BCUT2D eigenvalue weighted by molar-refractivity contribution is 0.212. The van der Waals surface area contributed by atoms with Crippen molar-refractivity contribution in [2.45, 2.75) is 44.2 Å². The lowest BCUT2D eigenvalue weighted by Gasteiger charge is -2.37. The summed E-state index contributed by atoms with van der Waals surface area (Å²) in [5.41, 5.74) is 0.387. The summed E-state index contributed by atoms with van der Waals surface area (Å²) in [4.78, 5) is 0. The van der Waals surface area contributed by atoms with E-state index in [0.29, 0.717) is 5.54 Å². The number of hydrogen-bond acceptors (Lipinski definition) is 1. The molecule has 1 saturated heterocycles. The van der Waals surface area contributed by atoms with E-state index in [-0.39, 0.29) is 17.0 Å². The Labute approximate surface area is 100 Å². The average Bonchev–Trinajstić information content (AvgIpc) is 2.00. The van der Waals surface area contributed by atoms with E-state index in [1.807, 2.05) is 26.8 Å². The maximum atomic E-state index is 3.51. The second-order valence-electron chi connectivity index (χ2n) is 3.69. The van der Waals surface area contributed by atoms with Crippen LogP contribution >= 0.6 is 17.0 Å². The highest BCUT2D eigenvalue weighted by Crippen LogP contribution is 2.24. The summed E-state index contributed by atoms with van der Waals surface area (Å²) in [6.45, 7) is 8.11. The third-order valence-electron chi connectivity index (χ3n) is 2.63. The molecule has 12 heavy (non-hydrogen) atoms. The normalized spacial score (nSPS) is 26.2. The van der Waals surface area contributed by atoms with E-state index in [2.05, 4.69) is 26.1 Å². The summed E-state index contributed by atoms with van der Waals surface area (Å²) in [5.74, 6) is 0.839. The van der Waals surface area contributed by atoms with Crippen LogP contribution in [-0.4, -0.2) is 33.8 Å². The van der Waals surface area contributed by atoms with Gasteiger partial charge in [0.15, 0.2) is 0 Å². The van der Waals surface area contributed by atoms with Gasteiger partial charge in [-0.2, -0.15) is 0 Å². The number of halogens is 1. The van der Waals surface area contributed by atoms with Gasteiger partial charge >= 0.3 is 21.7 Å². The molecule has 0 aromatic heterocycles. The summed E-state index contributed by atoms with van der Waals surface area (Å²) >= 11 is 1.86. The second kappa shape index (κ2) is 7.60. The van der Waals surface area contributed by atoms with E-state index in [1.165, 1.54) is 19.4 Å². The fourth-order valence-corrected chi connectivity index (χ4v) is 1.35. The number of hydrogen-bond donors (Lipinski definition) is 1. The van der Waals surface area contributed by atoms with Crippen LogP contribution in [0.5, 0.6) is 0 Å². The molecule has 1 N–H and O–H groups in total. The van der Waals surface area contributed by atoms with Gasteiger partial charge in [-0.05, 0) is 39.2 Å². The van der Waals surface area contributed by atoms with Crippen molar-refractivity contribution in [3.63, 3.8) is 0 Å². The zero-order valence-electron chi connectivity index (χ0n) is 8.81. The third-order valence-corrected chi connectivity index (χ3v) is 2.63. The van der Waals surface area contributed by atoms with Crippen LogP contribution in [0.15, 0.2) is 0 Å². The van der Waals surface area contributed by atoms with Crippen molar-refractivity contribution in [3.8, 4) is 0 Å². The lowest BCUT2D eigenvalue weighted by atomic mass is 9.82. The molecule has 1 atom stereocenters. The number of piperidine rings is 1. The molecule has 1 rings (SSSR count). The maximum Gasteiger partial charge on any atom is 1.41 e. The Morgan fingerprint density at radius 1 is 1.33 bits per heavy atom. The predicted molar refractivity (Wildman–Crippen MR) is 62.4 cm³/mol. The minimum atomic E-state index is 0. The lowest BCUT2D eigenvalue weighted by Crippen LogP contribution is -2.48. The first kappa shape index (κ1) is 15.7. The molecule has 69 valence electrons. The van der Waals surface area contributed by atoms with Gasteiger partial charge in [0.25, 0.3) is 5.05 Å². The van der Waals surface area contributed by atoms with Gasteiger partial charge in [-0.3, -0.25) is 0 Å². The Bertz CT molecular complexity index is 107. The zero-order valence-corrected chi connectivity index (χ0v) is 11.9. The zero-order chi connectivity index (χ0) is 8.91. The van der Waals surface area contributed by atoms with Crippen molar-refractivity contribution in [2.75, 3.05) is 6.54 Å². The Balaban J connectivity index is 0. The molecule has 0 aliphatic carbocycles. The first-order chi connectivity index (χ1) is 5.13. The van der Waals surface area contributed by atoms with Crippen LogP contribution in [0.4, 0.5) is 0 Å². The summed E-state index contributed by atoms with van der Waals surface area (Å²) in [6.07, 6.45) is 2.74. The van der Waals surface area contributed by atoms with Gasteiger partial charge in [0.1, 0.15) is 0 Å². The Morgan fingerprint density at radius 2 is 1.83 bits per heavy atom. The Morgan fingerprint density at radius 3 is 2.08 bits per heavy atom. The minimum Gasteiger partial charge on any atom is -0.312 e. The van der Waals surface area contributed by atoms with E-state index in [4.69, 9.17) is 0 Å². The van der Waals surface area contributed by atoms with E-state index >= 15 is 0 Å². The van der Waals surface area contributed by atoms with Crippen molar-refractivity contribution >= 4 is 38.7 Å². The van der Waals surface area contributed by atoms with Gasteiger partial charge in [0.2, 0.25) is 0 Å². The molecule has 7 radical (unpaired) electrons. The summed E-state index contributed by atoms with van der Waals surface area (Å²) in [5, 5.41) is 5.54. The fraction of sp³-hybridized carbons (Fsp3) is 1.00. The number of rotatable bonds is 0. The second-order valence-corrected chi connectivity index (χ2v) is 3.69. The Hall–Kier alpha value is 1.21. The quantitative estimate of drug-likeness (QED) is 0.649. The van der Waals surface area contributed by atoms with Crippen LogP contribution in [0.3, 0.4) is 0 Å². The highest BCUT2D eigenvalue weighted by molar-refractivity contribution is 8.93. The van der Waals surface area contributed by atoms with E-state index in [0.717, 1.165) is 5.92 Å². The van der Waals surface area contributed by atoms with Gasteiger partial charge in [0, 0.05) is 5.54 Å². The summed E-state index contributed by atoms with van der Waals surface area (Å²) in [6, 6.07) is 0. The van der Waals surface area contributed by atoms with Gasteiger partial charge < -0.3 is 5.32 Å². The van der Waals surface area contributed by atoms with Crippen molar-refractivity contribution in [1.29, 1.82) is 0 Å². The van der Waals surface area contributed by atoms with Crippen molar-refractivity contribution in [1.82, 2.24) is 5.32 Å². The molecule has 1 heterocycles. The standard InChI is InChI=1S/C8H17N.CH3.BrH.Mg/c1-7-5-4-6-9-8(7,2)3;;;/h7,9H,4-6H2,1-3H3;1H3;1H;/q;;;+2. The molecule has 0 amide bonds. The first-order valence-electron chi connectivity index (χ1n) is 4.58. The monoisotopic (exact) mass is 246 g/mol. The summed E-state index contributed by atoms with van der Waals surface area (Å²) in [7, 11) is 0. The molecular weight excluding hydrogens is 226 g/mol. The van der Waals surface area contributed by atoms with Crippen molar-refractivity contribution < 1.29 is 0 Å². The van der Waals surface area contributed by atoms with Crippen LogP contribution in [0.1, 0.15) is 33.6 Å². The maximum absolute atomic E-state index is 3.51. The van der Waals surface area contributed by atoms with E-state index in [1.54, 1.807) is 0 Å². The Kier molecular flexibility index (Phi) is 9.92. The third kappa shape index (κ3) is 5.05. The molecule has 1 fully saturated rings. The van der Waals surface area contributed by atoms with Crippen LogP contribution < -0.4 is 5.32 Å². The van der Waals surface area contributed by atoms with Gasteiger partial charge in [-0.1, -0.05) is 6.92 Å². The largest absolute Gasteiger partial charge is 1.41 e. The van der Waals surface area contributed by atoms with Crippen molar-refractivity contribution in [2.24, 2.45) is 5.92 Å². The smallest absolute Gasteiger partial charge is 0.312 e. The van der Waals surface area contributed by atoms with Gasteiger partial charge in [-0.25, -0.2) is 0 Å². The van der Waals surface area contributed by atoms with Crippen LogP contribution in [0.25, 0.3) is 0 Å². The molecule has 0 aromatic carbocycles. The average molecular weight is 247 g/mol. The van der Waals surface area contributed by atoms with E-state index < -0.39 is 0 Å². The van der Waals surface area contributed by atoms with E-state index in [9.17, 15) is 0 Å². The van der Waals surface area contributed by atoms with Crippen molar-refractivity contribution in [3.05, 3.63) is 0 Å². The fourth-order valence-electron chi connectivity index (χ4n) is 1.35. The SMILES string of the molecule is Br.CC1CCCNC1(C)C.[CH3][Mg+2]. The highest BCUT2D eigenvalue weighted by atomic mass is 79.9. The molecule has 0 aromatic rings. The molecule has 0 saturated carbocycles. The molecule has 1 nitrogen and oxygen atoms in total. The highest BCUT2D eigenvalue weighted by Gasteiger charge is 2.27. The molecule has 3 heteroatoms. The minimum absolute atomic E-state index is 0. The van der Waals surface area contributed by atoms with Gasteiger partial charge in [0.05, 0.1) is 0 Å². The van der Waals surface area contributed by atoms with Crippen LogP contribution in [0, 0.1) is 5.92 Å². The molecular formula is C9H21BrMgN+2. The van der Waals surface area contributed by atoms with Crippen LogP contribution in [0.2, 0.25) is 5.05 Å². The molecule has 0 bridgehead atoms.